The highest BCUT2D eigenvalue weighted by molar-refractivity contribution is 6.16. The number of aromatic nitrogens is 3. The summed E-state index contributed by atoms with van der Waals surface area (Å²) in [5.41, 5.74) is 3.83. The molecule has 0 unspecified atom stereocenters. The lowest BCUT2D eigenvalue weighted by molar-refractivity contribution is 0.185. The van der Waals surface area contributed by atoms with Gasteiger partial charge in [0, 0.05) is 20.1 Å². The van der Waals surface area contributed by atoms with E-state index in [4.69, 9.17) is 16.3 Å². The highest BCUT2D eigenvalue weighted by Gasteiger charge is 2.11. The highest BCUT2D eigenvalue weighted by Crippen LogP contribution is 2.14. The average Bonchev–Trinajstić information content (AvgIpc) is 2.82. The van der Waals surface area contributed by atoms with Gasteiger partial charge in [-0.2, -0.15) is 0 Å². The van der Waals surface area contributed by atoms with E-state index < -0.39 is 0 Å². The molecule has 5 heteroatoms. The molecule has 0 spiro atoms. The van der Waals surface area contributed by atoms with Crippen molar-refractivity contribution in [1.82, 2.24) is 14.8 Å². The van der Waals surface area contributed by atoms with Gasteiger partial charge in [0.2, 0.25) is 0 Å². The van der Waals surface area contributed by atoms with E-state index in [-0.39, 0.29) is 0 Å². The first-order valence-electron chi connectivity index (χ1n) is 6.67. The molecule has 0 N–H and O–H groups in total. The smallest absolute Gasteiger partial charge is 0.148 e. The summed E-state index contributed by atoms with van der Waals surface area (Å²) in [6.07, 6.45) is 0.759. The Morgan fingerprint density at radius 1 is 1.15 bits per heavy atom. The first kappa shape index (κ1) is 15.0. The second kappa shape index (κ2) is 6.86. The predicted octanol–water partition coefficient (Wildman–Crippen LogP) is 2.87. The number of aryl methyl sites for hydroxylation is 2. The number of alkyl halides is 1. The van der Waals surface area contributed by atoms with E-state index in [1.165, 1.54) is 16.7 Å². The summed E-state index contributed by atoms with van der Waals surface area (Å²) in [6, 6.07) is 6.48. The van der Waals surface area contributed by atoms with Crippen LogP contribution in [0.15, 0.2) is 18.2 Å². The maximum atomic E-state index is 5.91. The van der Waals surface area contributed by atoms with E-state index in [1.807, 2.05) is 4.57 Å². The molecule has 108 valence electrons. The largest absolute Gasteiger partial charge is 0.383 e. The summed E-state index contributed by atoms with van der Waals surface area (Å²) < 4.78 is 7.18. The van der Waals surface area contributed by atoms with Crippen LogP contribution in [0.5, 0.6) is 0 Å². The van der Waals surface area contributed by atoms with Crippen LogP contribution < -0.4 is 0 Å². The van der Waals surface area contributed by atoms with Crippen LogP contribution in [0.4, 0.5) is 0 Å². The van der Waals surface area contributed by atoms with Gasteiger partial charge in [0.15, 0.2) is 0 Å². The van der Waals surface area contributed by atoms with Gasteiger partial charge in [-0.1, -0.05) is 18.2 Å². The monoisotopic (exact) mass is 293 g/mol. The lowest BCUT2D eigenvalue weighted by Crippen LogP contribution is -2.11. The molecule has 0 radical (unpaired) electrons. The normalized spacial score (nSPS) is 11.0. The van der Waals surface area contributed by atoms with Crippen molar-refractivity contribution in [2.45, 2.75) is 32.7 Å². The van der Waals surface area contributed by atoms with Crippen molar-refractivity contribution in [3.05, 3.63) is 46.5 Å². The van der Waals surface area contributed by atoms with Gasteiger partial charge < -0.3 is 9.30 Å². The third-order valence-corrected chi connectivity index (χ3v) is 3.72. The topological polar surface area (TPSA) is 39.9 Å². The van der Waals surface area contributed by atoms with Crippen molar-refractivity contribution in [3.63, 3.8) is 0 Å². The number of hydrogen-bond acceptors (Lipinski definition) is 3. The number of ether oxygens (including phenoxy) is 1. The first-order valence-corrected chi connectivity index (χ1v) is 7.21. The molecule has 0 saturated carbocycles. The molecule has 2 aromatic rings. The zero-order chi connectivity index (χ0) is 14.5. The summed E-state index contributed by atoms with van der Waals surface area (Å²) in [5.74, 6) is 2.09. The molecule has 0 aliphatic rings. The molecule has 0 amide bonds. The van der Waals surface area contributed by atoms with Crippen LogP contribution in [0.25, 0.3) is 0 Å². The lowest BCUT2D eigenvalue weighted by atomic mass is 10.0. The Hall–Kier alpha value is -1.39. The van der Waals surface area contributed by atoms with Crippen LogP contribution in [0.2, 0.25) is 0 Å². The van der Waals surface area contributed by atoms with Crippen molar-refractivity contribution < 1.29 is 4.74 Å². The molecular formula is C15H20ClN3O. The Bertz CT molecular complexity index is 580. The predicted molar refractivity (Wildman–Crippen MR) is 80.2 cm³/mol. The lowest BCUT2D eigenvalue weighted by Gasteiger charge is -2.09. The third-order valence-electron chi connectivity index (χ3n) is 3.48. The van der Waals surface area contributed by atoms with Gasteiger partial charge in [-0.15, -0.1) is 21.8 Å². The summed E-state index contributed by atoms with van der Waals surface area (Å²) >= 11 is 5.91. The number of rotatable bonds is 6. The van der Waals surface area contributed by atoms with Crippen LogP contribution in [-0.2, 0) is 23.6 Å². The molecule has 1 heterocycles. The fourth-order valence-electron chi connectivity index (χ4n) is 2.14. The molecule has 1 aromatic carbocycles. The fraction of sp³-hybridized carbons (Fsp3) is 0.467. The zero-order valence-corrected chi connectivity index (χ0v) is 12.9. The number of methoxy groups -OCH3 is 1. The Kier molecular flexibility index (Phi) is 5.15. The summed E-state index contributed by atoms with van der Waals surface area (Å²) in [4.78, 5) is 0. The van der Waals surface area contributed by atoms with E-state index in [1.54, 1.807) is 7.11 Å². The van der Waals surface area contributed by atoms with Gasteiger partial charge in [-0.05, 0) is 30.5 Å². The highest BCUT2D eigenvalue weighted by atomic mass is 35.5. The van der Waals surface area contributed by atoms with E-state index in [0.29, 0.717) is 12.5 Å². The minimum Gasteiger partial charge on any atom is -0.383 e. The standard InChI is InChI=1S/C15H20ClN3O/c1-11-4-5-13(8-12(11)2)9-14-17-18-15(10-16)19(14)6-7-20-3/h4-5,8H,6-7,9-10H2,1-3H3. The third kappa shape index (κ3) is 3.38. The quantitative estimate of drug-likeness (QED) is 0.769. The van der Waals surface area contributed by atoms with Gasteiger partial charge in [0.1, 0.15) is 11.6 Å². The van der Waals surface area contributed by atoms with Crippen LogP contribution in [0.1, 0.15) is 28.3 Å². The van der Waals surface area contributed by atoms with E-state index in [0.717, 1.165) is 24.6 Å². The molecule has 2 rings (SSSR count). The Morgan fingerprint density at radius 2 is 1.90 bits per heavy atom. The Labute approximate surface area is 124 Å². The molecule has 0 aliphatic heterocycles. The van der Waals surface area contributed by atoms with Gasteiger partial charge in [-0.25, -0.2) is 0 Å². The van der Waals surface area contributed by atoms with Crippen LogP contribution in [0.3, 0.4) is 0 Å². The molecule has 0 bridgehead atoms. The average molecular weight is 294 g/mol. The molecule has 0 fully saturated rings. The van der Waals surface area contributed by atoms with Crippen LogP contribution >= 0.6 is 11.6 Å². The number of nitrogens with zero attached hydrogens (tertiary/aromatic N) is 3. The Balaban J connectivity index is 2.23. The summed E-state index contributed by atoms with van der Waals surface area (Å²) in [7, 11) is 1.69. The van der Waals surface area contributed by atoms with Gasteiger partial charge >= 0.3 is 0 Å². The van der Waals surface area contributed by atoms with Crippen LogP contribution in [-0.4, -0.2) is 28.5 Å². The number of hydrogen-bond donors (Lipinski definition) is 0. The zero-order valence-electron chi connectivity index (χ0n) is 12.2. The van der Waals surface area contributed by atoms with Gasteiger partial charge in [-0.3, -0.25) is 0 Å². The summed E-state index contributed by atoms with van der Waals surface area (Å²) in [5, 5.41) is 8.41. The molecular weight excluding hydrogens is 274 g/mol. The van der Waals surface area contributed by atoms with Crippen molar-refractivity contribution in [1.29, 1.82) is 0 Å². The minimum absolute atomic E-state index is 0.365. The Morgan fingerprint density at radius 3 is 2.55 bits per heavy atom. The van der Waals surface area contributed by atoms with Gasteiger partial charge in [0.25, 0.3) is 0 Å². The second-order valence-corrected chi connectivity index (χ2v) is 5.17. The first-order chi connectivity index (χ1) is 9.65. The molecule has 0 aliphatic carbocycles. The van der Waals surface area contributed by atoms with Gasteiger partial charge in [0.05, 0.1) is 12.5 Å². The second-order valence-electron chi connectivity index (χ2n) is 4.91. The SMILES string of the molecule is COCCn1c(CCl)nnc1Cc1ccc(C)c(C)c1. The summed E-state index contributed by atoms with van der Waals surface area (Å²) in [6.45, 7) is 5.60. The van der Waals surface area contributed by atoms with Crippen molar-refractivity contribution >= 4 is 11.6 Å². The molecule has 20 heavy (non-hydrogen) atoms. The molecule has 0 atom stereocenters. The van der Waals surface area contributed by atoms with Crippen molar-refractivity contribution in [2.24, 2.45) is 0 Å². The van der Waals surface area contributed by atoms with Crippen LogP contribution in [0, 0.1) is 13.8 Å². The van der Waals surface area contributed by atoms with E-state index >= 15 is 0 Å². The van der Waals surface area contributed by atoms with E-state index in [2.05, 4.69) is 42.2 Å². The maximum absolute atomic E-state index is 5.91. The van der Waals surface area contributed by atoms with Crippen molar-refractivity contribution in [3.8, 4) is 0 Å². The van der Waals surface area contributed by atoms with E-state index in [9.17, 15) is 0 Å². The number of benzene rings is 1. The fourth-order valence-corrected chi connectivity index (χ4v) is 2.34. The number of halogens is 1. The molecule has 1 aromatic heterocycles. The molecule has 0 saturated heterocycles. The maximum Gasteiger partial charge on any atom is 0.148 e. The van der Waals surface area contributed by atoms with Crippen molar-refractivity contribution in [2.75, 3.05) is 13.7 Å². The molecule has 4 nitrogen and oxygen atoms in total. The minimum atomic E-state index is 0.365.